The van der Waals surface area contributed by atoms with Gasteiger partial charge in [-0.25, -0.2) is 13.2 Å². The van der Waals surface area contributed by atoms with Crippen LogP contribution in [0, 0.1) is 6.92 Å². The fourth-order valence-corrected chi connectivity index (χ4v) is 4.15. The molecule has 0 aliphatic heterocycles. The fourth-order valence-electron chi connectivity index (χ4n) is 2.93. The number of fused-ring (bicyclic) bond motifs is 1. The van der Waals surface area contributed by atoms with Gasteiger partial charge < -0.3 is 9.15 Å². The minimum absolute atomic E-state index is 0.128. The van der Waals surface area contributed by atoms with Crippen LogP contribution in [0.15, 0.2) is 62.6 Å². The van der Waals surface area contributed by atoms with E-state index in [0.717, 1.165) is 17.5 Å². The molecule has 0 N–H and O–H groups in total. The van der Waals surface area contributed by atoms with Gasteiger partial charge >= 0.3 is 11.6 Å². The highest BCUT2D eigenvalue weighted by molar-refractivity contribution is 7.91. The molecule has 0 aliphatic carbocycles. The summed E-state index contributed by atoms with van der Waals surface area (Å²) in [5.74, 6) is -0.987. The van der Waals surface area contributed by atoms with E-state index in [1.165, 1.54) is 18.2 Å². The van der Waals surface area contributed by atoms with Crippen molar-refractivity contribution in [2.24, 2.45) is 0 Å². The highest BCUT2D eigenvalue weighted by Gasteiger charge is 2.17. The molecule has 0 spiro atoms. The molecular formula is C22H22O6S. The predicted octanol–water partition coefficient (Wildman–Crippen LogP) is 3.57. The Labute approximate surface area is 169 Å². The quantitative estimate of drug-likeness (QED) is 0.434. The standard InChI is InChI=1S/C22H22O6S/c1-3-16-6-9-19-17(13-22(24)28-20(19)12-16)14-27-21(23)10-11-29(25,26)18-7-4-15(2)5-8-18/h4-9,12-13H,3,10-11,14H2,1-2H3. The SMILES string of the molecule is CCc1ccc2c(COC(=O)CCS(=O)(=O)c3ccc(C)cc3)cc(=O)oc2c1. The molecule has 3 rings (SSSR count). The van der Waals surface area contributed by atoms with Gasteiger partial charge in [0.25, 0.3) is 0 Å². The maximum absolute atomic E-state index is 12.3. The van der Waals surface area contributed by atoms with Crippen LogP contribution in [0.25, 0.3) is 11.0 Å². The minimum atomic E-state index is -3.57. The number of hydrogen-bond acceptors (Lipinski definition) is 6. The summed E-state index contributed by atoms with van der Waals surface area (Å²) in [6.07, 6.45) is 0.532. The van der Waals surface area contributed by atoms with Crippen molar-refractivity contribution < 1.29 is 22.4 Å². The van der Waals surface area contributed by atoms with Crippen LogP contribution in [0.2, 0.25) is 0 Å². The first-order chi connectivity index (χ1) is 13.8. The first-order valence-electron chi connectivity index (χ1n) is 9.29. The van der Waals surface area contributed by atoms with Crippen LogP contribution in [-0.4, -0.2) is 20.1 Å². The first kappa shape index (κ1) is 20.8. The third-order valence-corrected chi connectivity index (χ3v) is 6.38. The van der Waals surface area contributed by atoms with Gasteiger partial charge in [0.15, 0.2) is 9.84 Å². The van der Waals surface area contributed by atoms with Gasteiger partial charge in [0.1, 0.15) is 12.2 Å². The van der Waals surface area contributed by atoms with Gasteiger partial charge in [-0.1, -0.05) is 36.8 Å². The normalized spacial score (nSPS) is 11.5. The number of sulfone groups is 1. The van der Waals surface area contributed by atoms with Crippen molar-refractivity contribution in [1.29, 1.82) is 0 Å². The van der Waals surface area contributed by atoms with Crippen molar-refractivity contribution in [1.82, 2.24) is 0 Å². The largest absolute Gasteiger partial charge is 0.461 e. The zero-order chi connectivity index (χ0) is 21.0. The summed E-state index contributed by atoms with van der Waals surface area (Å²) in [7, 11) is -3.57. The zero-order valence-electron chi connectivity index (χ0n) is 16.3. The van der Waals surface area contributed by atoms with E-state index in [0.29, 0.717) is 16.5 Å². The highest BCUT2D eigenvalue weighted by atomic mass is 32.2. The van der Waals surface area contributed by atoms with E-state index < -0.39 is 21.4 Å². The monoisotopic (exact) mass is 414 g/mol. The molecule has 2 aromatic carbocycles. The van der Waals surface area contributed by atoms with Crippen molar-refractivity contribution in [3.8, 4) is 0 Å². The van der Waals surface area contributed by atoms with Crippen LogP contribution < -0.4 is 5.63 Å². The maximum atomic E-state index is 12.3. The number of esters is 1. The Bertz CT molecular complexity index is 1190. The van der Waals surface area contributed by atoms with Crippen molar-refractivity contribution in [2.75, 3.05) is 5.75 Å². The second-order valence-electron chi connectivity index (χ2n) is 6.82. The molecule has 0 amide bonds. The number of carbonyl (C=O) groups excluding carboxylic acids is 1. The maximum Gasteiger partial charge on any atom is 0.336 e. The van der Waals surface area contributed by atoms with Crippen molar-refractivity contribution in [3.63, 3.8) is 0 Å². The summed E-state index contributed by atoms with van der Waals surface area (Å²) in [4.78, 5) is 24.1. The van der Waals surface area contributed by atoms with E-state index in [-0.39, 0.29) is 23.7 Å². The van der Waals surface area contributed by atoms with Gasteiger partial charge in [-0.15, -0.1) is 0 Å². The Morgan fingerprint density at radius 2 is 1.79 bits per heavy atom. The van der Waals surface area contributed by atoms with Crippen LogP contribution in [-0.2, 0) is 32.4 Å². The highest BCUT2D eigenvalue weighted by Crippen LogP contribution is 2.20. The summed E-state index contributed by atoms with van der Waals surface area (Å²) >= 11 is 0. The smallest absolute Gasteiger partial charge is 0.336 e. The van der Waals surface area contributed by atoms with E-state index in [1.54, 1.807) is 18.2 Å². The molecule has 7 heteroatoms. The molecule has 0 radical (unpaired) electrons. The van der Waals surface area contributed by atoms with Gasteiger partial charge in [0.05, 0.1) is 17.1 Å². The summed E-state index contributed by atoms with van der Waals surface area (Å²) < 4.78 is 35.1. The third-order valence-electron chi connectivity index (χ3n) is 4.65. The van der Waals surface area contributed by atoms with E-state index in [2.05, 4.69) is 0 Å². The lowest BCUT2D eigenvalue weighted by Crippen LogP contribution is -2.14. The summed E-state index contributed by atoms with van der Waals surface area (Å²) in [5, 5.41) is 0.682. The number of hydrogen-bond donors (Lipinski definition) is 0. The number of aryl methyl sites for hydroxylation is 2. The lowest BCUT2D eigenvalue weighted by atomic mass is 10.1. The molecule has 0 saturated heterocycles. The Kier molecular flexibility index (Phi) is 6.17. The number of rotatable bonds is 7. The number of benzene rings is 2. The molecular weight excluding hydrogens is 392 g/mol. The van der Waals surface area contributed by atoms with E-state index in [9.17, 15) is 18.0 Å². The molecule has 152 valence electrons. The predicted molar refractivity (Wildman–Crippen MR) is 110 cm³/mol. The average molecular weight is 414 g/mol. The van der Waals surface area contributed by atoms with Gasteiger partial charge in [-0.3, -0.25) is 4.79 Å². The fraction of sp³-hybridized carbons (Fsp3) is 0.273. The van der Waals surface area contributed by atoms with E-state index in [1.807, 2.05) is 26.0 Å². The van der Waals surface area contributed by atoms with E-state index >= 15 is 0 Å². The van der Waals surface area contributed by atoms with Gasteiger partial charge in [0.2, 0.25) is 0 Å². The second-order valence-corrected chi connectivity index (χ2v) is 8.93. The minimum Gasteiger partial charge on any atom is -0.461 e. The summed E-state index contributed by atoms with van der Waals surface area (Å²) in [6.45, 7) is 3.73. The van der Waals surface area contributed by atoms with Crippen LogP contribution in [0.5, 0.6) is 0 Å². The molecule has 1 aromatic heterocycles. The van der Waals surface area contributed by atoms with Crippen LogP contribution >= 0.6 is 0 Å². The molecule has 0 unspecified atom stereocenters. The molecule has 0 saturated carbocycles. The molecule has 29 heavy (non-hydrogen) atoms. The van der Waals surface area contributed by atoms with Gasteiger partial charge in [0, 0.05) is 17.0 Å². The van der Waals surface area contributed by atoms with Gasteiger partial charge in [-0.05, 0) is 37.1 Å². The Morgan fingerprint density at radius 3 is 2.48 bits per heavy atom. The number of ether oxygens (including phenoxy) is 1. The Morgan fingerprint density at radius 1 is 1.07 bits per heavy atom. The summed E-state index contributed by atoms with van der Waals surface area (Å²) in [5.41, 5.74) is 2.40. The molecule has 0 atom stereocenters. The van der Waals surface area contributed by atoms with E-state index in [4.69, 9.17) is 9.15 Å². The van der Waals surface area contributed by atoms with Gasteiger partial charge in [-0.2, -0.15) is 0 Å². The third kappa shape index (κ3) is 5.12. The molecule has 0 aliphatic rings. The summed E-state index contributed by atoms with van der Waals surface area (Å²) in [6, 6.07) is 13.3. The molecule has 3 aromatic rings. The van der Waals surface area contributed by atoms with Crippen molar-refractivity contribution in [3.05, 3.63) is 75.6 Å². The zero-order valence-corrected chi connectivity index (χ0v) is 17.1. The van der Waals surface area contributed by atoms with Crippen molar-refractivity contribution >= 4 is 26.8 Å². The molecule has 1 heterocycles. The molecule has 0 bridgehead atoms. The Hall–Kier alpha value is -2.93. The molecule has 6 nitrogen and oxygen atoms in total. The lowest BCUT2D eigenvalue weighted by Gasteiger charge is -2.09. The van der Waals surface area contributed by atoms with Crippen LogP contribution in [0.4, 0.5) is 0 Å². The van der Waals surface area contributed by atoms with Crippen LogP contribution in [0.3, 0.4) is 0 Å². The average Bonchev–Trinajstić information content (AvgIpc) is 2.70. The van der Waals surface area contributed by atoms with Crippen LogP contribution in [0.1, 0.15) is 30.0 Å². The first-order valence-corrected chi connectivity index (χ1v) is 10.9. The second kappa shape index (κ2) is 8.61. The lowest BCUT2D eigenvalue weighted by molar-refractivity contribution is -0.144. The molecule has 0 fully saturated rings. The number of carbonyl (C=O) groups is 1. The Balaban J connectivity index is 1.66. The topological polar surface area (TPSA) is 90.7 Å². The van der Waals surface area contributed by atoms with Crippen molar-refractivity contribution in [2.45, 2.75) is 38.2 Å².